The molecule has 0 unspecified atom stereocenters. The number of oxime groups is 1. The second kappa shape index (κ2) is 4.88. The third kappa shape index (κ3) is 2.14. The van der Waals surface area contributed by atoms with Gasteiger partial charge in [0.05, 0.1) is 5.71 Å². The van der Waals surface area contributed by atoms with E-state index < -0.39 is 0 Å². The van der Waals surface area contributed by atoms with Gasteiger partial charge in [-0.1, -0.05) is 59.3 Å². The number of aryl methyl sites for hydroxylation is 2. The molecule has 96 valence electrons. The van der Waals surface area contributed by atoms with Crippen LogP contribution in [0.2, 0.25) is 0 Å². The van der Waals surface area contributed by atoms with Gasteiger partial charge in [-0.2, -0.15) is 0 Å². The summed E-state index contributed by atoms with van der Waals surface area (Å²) in [5.41, 5.74) is 5.66. The van der Waals surface area contributed by atoms with Gasteiger partial charge in [-0.15, -0.1) is 0 Å². The van der Waals surface area contributed by atoms with Crippen LogP contribution in [0.5, 0.6) is 0 Å². The number of nitrogens with zero attached hydrogens (tertiary/aromatic N) is 1. The zero-order valence-corrected chi connectivity index (χ0v) is 11.0. The highest BCUT2D eigenvalue weighted by atomic mass is 16.4. The van der Waals surface area contributed by atoms with Crippen LogP contribution in [0.1, 0.15) is 34.6 Å². The molecule has 1 atom stereocenters. The molecule has 0 saturated carbocycles. The molecule has 2 nitrogen and oxygen atoms in total. The lowest BCUT2D eigenvalue weighted by atomic mass is 9.78. The van der Waals surface area contributed by atoms with Gasteiger partial charge in [0.1, 0.15) is 0 Å². The number of rotatable bonds is 1. The van der Waals surface area contributed by atoms with E-state index in [-0.39, 0.29) is 5.92 Å². The van der Waals surface area contributed by atoms with Gasteiger partial charge in [-0.3, -0.25) is 0 Å². The molecule has 1 aliphatic carbocycles. The molecule has 0 heterocycles. The Morgan fingerprint density at radius 3 is 2.63 bits per heavy atom. The molecular formula is C17H17NO. The first-order valence-electron chi connectivity index (χ1n) is 6.66. The van der Waals surface area contributed by atoms with E-state index >= 15 is 0 Å². The minimum atomic E-state index is 0.196. The Labute approximate surface area is 113 Å². The smallest absolute Gasteiger partial charge is 0.0945 e. The zero-order chi connectivity index (χ0) is 13.2. The largest absolute Gasteiger partial charge is 0.411 e. The fraction of sp³-hybridized carbons (Fsp3) is 0.235. The SMILES string of the molecule is Cc1ccc2c(c1)CC[C@@H](c1ccccc1)/C2=N/O. The van der Waals surface area contributed by atoms with Crippen LogP contribution >= 0.6 is 0 Å². The lowest BCUT2D eigenvalue weighted by Crippen LogP contribution is -2.22. The summed E-state index contributed by atoms with van der Waals surface area (Å²) >= 11 is 0. The van der Waals surface area contributed by atoms with E-state index in [1.165, 1.54) is 16.7 Å². The standard InChI is InChI=1S/C17H17NO/c1-12-7-9-16-14(11-12)8-10-15(17(16)18-19)13-5-3-2-4-6-13/h2-7,9,11,15,19H,8,10H2,1H3/b18-17-/t15-/m0/s1. The Morgan fingerprint density at radius 2 is 1.89 bits per heavy atom. The van der Waals surface area contributed by atoms with Crippen molar-refractivity contribution in [2.45, 2.75) is 25.7 Å². The van der Waals surface area contributed by atoms with Crippen molar-refractivity contribution in [2.24, 2.45) is 5.16 Å². The summed E-state index contributed by atoms with van der Waals surface area (Å²) in [6, 6.07) is 16.7. The van der Waals surface area contributed by atoms with Gasteiger partial charge in [0, 0.05) is 11.5 Å². The second-order valence-electron chi connectivity index (χ2n) is 5.15. The van der Waals surface area contributed by atoms with Gasteiger partial charge in [0.15, 0.2) is 0 Å². The Bertz CT molecular complexity index is 616. The normalized spacial score (nSPS) is 20.3. The van der Waals surface area contributed by atoms with E-state index in [4.69, 9.17) is 0 Å². The van der Waals surface area contributed by atoms with E-state index in [1.54, 1.807) is 0 Å². The number of benzene rings is 2. The number of hydrogen-bond acceptors (Lipinski definition) is 2. The highest BCUT2D eigenvalue weighted by Gasteiger charge is 2.27. The van der Waals surface area contributed by atoms with Gasteiger partial charge in [-0.25, -0.2) is 0 Å². The van der Waals surface area contributed by atoms with E-state index in [1.807, 2.05) is 18.2 Å². The van der Waals surface area contributed by atoms with Crippen LogP contribution in [0, 0.1) is 6.92 Å². The maximum atomic E-state index is 9.43. The fourth-order valence-electron chi connectivity index (χ4n) is 2.94. The van der Waals surface area contributed by atoms with E-state index in [2.05, 4.69) is 42.4 Å². The third-order valence-electron chi connectivity index (χ3n) is 3.88. The molecule has 2 aromatic rings. The van der Waals surface area contributed by atoms with Gasteiger partial charge in [0.25, 0.3) is 0 Å². The summed E-state index contributed by atoms with van der Waals surface area (Å²) in [7, 11) is 0. The maximum absolute atomic E-state index is 9.43. The minimum Gasteiger partial charge on any atom is -0.411 e. The lowest BCUT2D eigenvalue weighted by Gasteiger charge is -2.26. The van der Waals surface area contributed by atoms with Crippen molar-refractivity contribution in [3.63, 3.8) is 0 Å². The Balaban J connectivity index is 2.06. The molecule has 0 spiro atoms. The Kier molecular flexibility index (Phi) is 3.08. The van der Waals surface area contributed by atoms with Gasteiger partial charge >= 0.3 is 0 Å². The van der Waals surface area contributed by atoms with Crippen molar-refractivity contribution >= 4 is 5.71 Å². The molecule has 0 bridgehead atoms. The molecule has 0 amide bonds. The summed E-state index contributed by atoms with van der Waals surface area (Å²) < 4.78 is 0. The summed E-state index contributed by atoms with van der Waals surface area (Å²) in [5.74, 6) is 0.196. The summed E-state index contributed by atoms with van der Waals surface area (Å²) in [4.78, 5) is 0. The molecule has 0 saturated heterocycles. The molecular weight excluding hydrogens is 234 g/mol. The van der Waals surface area contributed by atoms with E-state index in [9.17, 15) is 5.21 Å². The highest BCUT2D eigenvalue weighted by Crippen LogP contribution is 2.33. The molecule has 3 rings (SSSR count). The van der Waals surface area contributed by atoms with E-state index in [0.717, 1.165) is 24.1 Å². The topological polar surface area (TPSA) is 32.6 Å². The molecule has 0 fully saturated rings. The van der Waals surface area contributed by atoms with Crippen LogP contribution in [0.3, 0.4) is 0 Å². The van der Waals surface area contributed by atoms with E-state index in [0.29, 0.717) is 0 Å². The van der Waals surface area contributed by atoms with Crippen LogP contribution in [-0.4, -0.2) is 10.9 Å². The van der Waals surface area contributed by atoms with Crippen molar-refractivity contribution in [1.82, 2.24) is 0 Å². The Morgan fingerprint density at radius 1 is 1.11 bits per heavy atom. The average molecular weight is 251 g/mol. The van der Waals surface area contributed by atoms with Crippen molar-refractivity contribution < 1.29 is 5.21 Å². The van der Waals surface area contributed by atoms with Crippen molar-refractivity contribution in [3.8, 4) is 0 Å². The van der Waals surface area contributed by atoms with Gasteiger partial charge in [0.2, 0.25) is 0 Å². The minimum absolute atomic E-state index is 0.196. The quantitative estimate of drug-likeness (QED) is 0.605. The molecule has 0 aliphatic heterocycles. The lowest BCUT2D eigenvalue weighted by molar-refractivity contribution is 0.316. The summed E-state index contributed by atoms with van der Waals surface area (Å²) in [6.07, 6.45) is 2.04. The highest BCUT2D eigenvalue weighted by molar-refractivity contribution is 6.06. The number of fused-ring (bicyclic) bond motifs is 1. The van der Waals surface area contributed by atoms with Gasteiger partial charge in [-0.05, 0) is 30.9 Å². The van der Waals surface area contributed by atoms with Crippen LogP contribution < -0.4 is 0 Å². The third-order valence-corrected chi connectivity index (χ3v) is 3.88. The molecule has 2 aromatic carbocycles. The van der Waals surface area contributed by atoms with Gasteiger partial charge < -0.3 is 5.21 Å². The average Bonchev–Trinajstić information content (AvgIpc) is 2.46. The second-order valence-corrected chi connectivity index (χ2v) is 5.15. The fourth-order valence-corrected chi connectivity index (χ4v) is 2.94. The predicted molar refractivity (Wildman–Crippen MR) is 77.0 cm³/mol. The predicted octanol–water partition coefficient (Wildman–Crippen LogP) is 3.90. The first-order chi connectivity index (χ1) is 9.29. The van der Waals surface area contributed by atoms with Crippen LogP contribution in [0.15, 0.2) is 53.7 Å². The molecule has 1 aliphatic rings. The first kappa shape index (κ1) is 12.0. The number of hydrogen-bond donors (Lipinski definition) is 1. The van der Waals surface area contributed by atoms with Crippen molar-refractivity contribution in [3.05, 3.63) is 70.8 Å². The molecule has 19 heavy (non-hydrogen) atoms. The van der Waals surface area contributed by atoms with Crippen molar-refractivity contribution in [2.75, 3.05) is 0 Å². The van der Waals surface area contributed by atoms with Crippen molar-refractivity contribution in [1.29, 1.82) is 0 Å². The molecule has 0 radical (unpaired) electrons. The monoisotopic (exact) mass is 251 g/mol. The van der Waals surface area contributed by atoms with Crippen LogP contribution in [0.4, 0.5) is 0 Å². The summed E-state index contributed by atoms with van der Waals surface area (Å²) in [6.45, 7) is 2.10. The maximum Gasteiger partial charge on any atom is 0.0945 e. The summed E-state index contributed by atoms with van der Waals surface area (Å²) in [5, 5.41) is 13.0. The zero-order valence-electron chi connectivity index (χ0n) is 11.0. The molecule has 0 aromatic heterocycles. The van der Waals surface area contributed by atoms with Crippen LogP contribution in [0.25, 0.3) is 0 Å². The Hall–Kier alpha value is -2.09. The molecule has 2 heteroatoms. The van der Waals surface area contributed by atoms with Crippen LogP contribution in [-0.2, 0) is 6.42 Å². The first-order valence-corrected chi connectivity index (χ1v) is 6.66. The molecule has 1 N–H and O–H groups in total.